The van der Waals surface area contributed by atoms with Crippen molar-refractivity contribution in [2.75, 3.05) is 7.05 Å². The van der Waals surface area contributed by atoms with Crippen LogP contribution in [0.4, 0.5) is 18.0 Å². The Hall–Kier alpha value is -0.940. The fourth-order valence-corrected chi connectivity index (χ4v) is 2.91. The Morgan fingerprint density at radius 2 is 1.61 bits per heavy atom. The van der Waals surface area contributed by atoms with E-state index in [0.29, 0.717) is 0 Å². The lowest BCUT2D eigenvalue weighted by Crippen LogP contribution is -2.78. The molecule has 3 aliphatic rings. The minimum atomic E-state index is -4.15. The van der Waals surface area contributed by atoms with E-state index in [0.717, 1.165) is 0 Å². The van der Waals surface area contributed by atoms with Gasteiger partial charge in [-0.05, 0) is 40.0 Å². The molecule has 104 valence electrons. The molecule has 18 heavy (non-hydrogen) atoms. The molecule has 0 aromatic heterocycles. The number of nitrogens with zero attached hydrogens (tertiary/aromatic N) is 1. The van der Waals surface area contributed by atoms with E-state index >= 15 is 0 Å². The molecule has 6 heteroatoms. The van der Waals surface area contributed by atoms with Crippen LogP contribution < -0.4 is 0 Å². The average Bonchev–Trinajstić information content (AvgIpc) is 1.91. The molecule has 0 saturated heterocycles. The van der Waals surface area contributed by atoms with Crippen molar-refractivity contribution in [3.05, 3.63) is 0 Å². The molecule has 3 aliphatic carbocycles. The van der Waals surface area contributed by atoms with Gasteiger partial charge >= 0.3 is 12.3 Å². The van der Waals surface area contributed by atoms with Gasteiger partial charge in [-0.1, -0.05) is 0 Å². The highest BCUT2D eigenvalue weighted by Crippen LogP contribution is 2.75. The van der Waals surface area contributed by atoms with Crippen molar-refractivity contribution in [2.45, 2.75) is 57.3 Å². The summed E-state index contributed by atoms with van der Waals surface area (Å²) in [6, 6.07) is 0. The molecule has 0 aromatic rings. The topological polar surface area (TPSA) is 29.5 Å². The lowest BCUT2D eigenvalue weighted by Gasteiger charge is -2.72. The molecule has 2 bridgehead atoms. The number of halogens is 3. The molecule has 0 spiro atoms. The highest BCUT2D eigenvalue weighted by atomic mass is 19.4. The fraction of sp³-hybridized carbons (Fsp3) is 0.917. The van der Waals surface area contributed by atoms with Gasteiger partial charge in [0.1, 0.15) is 5.60 Å². The molecule has 0 heterocycles. The lowest BCUT2D eigenvalue weighted by atomic mass is 9.38. The third kappa shape index (κ3) is 1.77. The summed E-state index contributed by atoms with van der Waals surface area (Å²) in [7, 11) is 1.52. The summed E-state index contributed by atoms with van der Waals surface area (Å²) in [5, 5.41) is 0. The first-order chi connectivity index (χ1) is 7.91. The normalized spacial score (nSPS) is 34.4. The van der Waals surface area contributed by atoms with E-state index in [1.54, 1.807) is 20.8 Å². The zero-order valence-electron chi connectivity index (χ0n) is 11.0. The van der Waals surface area contributed by atoms with Crippen molar-refractivity contribution >= 4 is 6.09 Å². The van der Waals surface area contributed by atoms with Gasteiger partial charge in [0.2, 0.25) is 0 Å². The molecule has 3 rings (SSSR count). The average molecular weight is 265 g/mol. The first-order valence-corrected chi connectivity index (χ1v) is 5.95. The number of rotatable bonds is 1. The highest BCUT2D eigenvalue weighted by Gasteiger charge is 2.80. The summed E-state index contributed by atoms with van der Waals surface area (Å²) in [6.07, 6.45) is -4.65. The minimum Gasteiger partial charge on any atom is -0.444 e. The number of amides is 1. The second kappa shape index (κ2) is 3.33. The maximum Gasteiger partial charge on any atom is 0.410 e. The van der Waals surface area contributed by atoms with Crippen LogP contribution in [0, 0.1) is 5.41 Å². The van der Waals surface area contributed by atoms with E-state index in [4.69, 9.17) is 4.74 Å². The highest BCUT2D eigenvalue weighted by molar-refractivity contribution is 5.70. The maximum atomic E-state index is 12.7. The van der Waals surface area contributed by atoms with Crippen molar-refractivity contribution in [1.82, 2.24) is 4.90 Å². The standard InChI is InChI=1S/C12H18F3NO2/c1-9(2,3)18-8(17)16(4)11-5-10(6-11,7-11)12(13,14)15/h5-7H2,1-4H3. The van der Waals surface area contributed by atoms with Gasteiger partial charge in [0.25, 0.3) is 0 Å². The lowest BCUT2D eigenvalue weighted by molar-refractivity contribution is -0.355. The maximum absolute atomic E-state index is 12.7. The number of hydrogen-bond acceptors (Lipinski definition) is 2. The third-order valence-electron chi connectivity index (χ3n) is 3.98. The van der Waals surface area contributed by atoms with Crippen LogP contribution in [0.2, 0.25) is 0 Å². The van der Waals surface area contributed by atoms with E-state index in [-0.39, 0.29) is 19.3 Å². The Bertz CT molecular complexity index is 364. The Balaban J connectivity index is 1.96. The zero-order chi connectivity index (χ0) is 14.0. The number of alkyl halides is 3. The van der Waals surface area contributed by atoms with Crippen LogP contribution in [0.3, 0.4) is 0 Å². The molecule has 0 aliphatic heterocycles. The van der Waals surface area contributed by atoms with Gasteiger partial charge in [0, 0.05) is 12.6 Å². The number of carbonyl (C=O) groups is 1. The van der Waals surface area contributed by atoms with E-state index in [1.807, 2.05) is 0 Å². The van der Waals surface area contributed by atoms with Crippen molar-refractivity contribution in [3.63, 3.8) is 0 Å². The van der Waals surface area contributed by atoms with Crippen molar-refractivity contribution in [1.29, 1.82) is 0 Å². The summed E-state index contributed by atoms with van der Waals surface area (Å²) in [6.45, 7) is 5.20. The summed E-state index contributed by atoms with van der Waals surface area (Å²) in [5.74, 6) is 0. The van der Waals surface area contributed by atoms with Gasteiger partial charge in [0.15, 0.2) is 0 Å². The van der Waals surface area contributed by atoms with Crippen LogP contribution in [-0.4, -0.2) is 35.4 Å². The fourth-order valence-electron chi connectivity index (χ4n) is 2.91. The van der Waals surface area contributed by atoms with Gasteiger partial charge in [-0.25, -0.2) is 4.79 Å². The Kier molecular flexibility index (Phi) is 2.50. The Labute approximate surface area is 104 Å². The molecule has 3 saturated carbocycles. The number of ether oxygens (including phenoxy) is 1. The first kappa shape index (κ1) is 13.5. The quantitative estimate of drug-likeness (QED) is 0.727. The van der Waals surface area contributed by atoms with Crippen molar-refractivity contribution in [3.8, 4) is 0 Å². The van der Waals surface area contributed by atoms with Crippen molar-refractivity contribution in [2.24, 2.45) is 5.41 Å². The van der Waals surface area contributed by atoms with Gasteiger partial charge in [0.05, 0.1) is 5.41 Å². The molecule has 0 atom stereocenters. The van der Waals surface area contributed by atoms with Gasteiger partial charge in [-0.3, -0.25) is 0 Å². The van der Waals surface area contributed by atoms with E-state index in [2.05, 4.69) is 0 Å². The summed E-state index contributed by atoms with van der Waals surface area (Å²) < 4.78 is 43.3. The number of carbonyl (C=O) groups excluding carboxylic acids is 1. The first-order valence-electron chi connectivity index (χ1n) is 5.95. The van der Waals surface area contributed by atoms with E-state index < -0.39 is 28.8 Å². The molecular formula is C12H18F3NO2. The second-order valence-corrected chi connectivity index (χ2v) is 6.57. The molecule has 3 fully saturated rings. The molecule has 3 nitrogen and oxygen atoms in total. The summed E-state index contributed by atoms with van der Waals surface area (Å²) in [4.78, 5) is 13.1. The number of hydrogen-bond donors (Lipinski definition) is 0. The zero-order valence-corrected chi connectivity index (χ0v) is 11.0. The smallest absolute Gasteiger partial charge is 0.410 e. The van der Waals surface area contributed by atoms with Crippen molar-refractivity contribution < 1.29 is 22.7 Å². The third-order valence-corrected chi connectivity index (χ3v) is 3.98. The van der Waals surface area contributed by atoms with Gasteiger partial charge in [-0.15, -0.1) is 0 Å². The monoisotopic (exact) mass is 265 g/mol. The van der Waals surface area contributed by atoms with Crippen LogP contribution in [0.15, 0.2) is 0 Å². The van der Waals surface area contributed by atoms with Crippen LogP contribution in [0.1, 0.15) is 40.0 Å². The SMILES string of the molecule is CN(C(=O)OC(C)(C)C)C12CC(C(F)(F)F)(C1)C2. The minimum absolute atomic E-state index is 0.0131. The Morgan fingerprint density at radius 3 is 1.94 bits per heavy atom. The summed E-state index contributed by atoms with van der Waals surface area (Å²) in [5.41, 5.74) is -2.79. The van der Waals surface area contributed by atoms with Crippen LogP contribution in [0.25, 0.3) is 0 Å². The molecule has 0 radical (unpaired) electrons. The molecule has 0 unspecified atom stereocenters. The van der Waals surface area contributed by atoms with E-state index in [1.165, 1.54) is 11.9 Å². The predicted molar refractivity (Wildman–Crippen MR) is 59.1 cm³/mol. The van der Waals surface area contributed by atoms with Crippen LogP contribution in [0.5, 0.6) is 0 Å². The Morgan fingerprint density at radius 1 is 1.17 bits per heavy atom. The van der Waals surface area contributed by atoms with Crippen LogP contribution >= 0.6 is 0 Å². The van der Waals surface area contributed by atoms with Crippen LogP contribution in [-0.2, 0) is 4.74 Å². The van der Waals surface area contributed by atoms with Gasteiger partial charge in [-0.2, -0.15) is 13.2 Å². The van der Waals surface area contributed by atoms with E-state index in [9.17, 15) is 18.0 Å². The van der Waals surface area contributed by atoms with Gasteiger partial charge < -0.3 is 9.64 Å². The second-order valence-electron chi connectivity index (χ2n) is 6.57. The molecule has 0 N–H and O–H groups in total. The predicted octanol–water partition coefficient (Wildman–Crippen LogP) is 3.34. The molecule has 0 aromatic carbocycles. The summed E-state index contributed by atoms with van der Waals surface area (Å²) >= 11 is 0. The largest absolute Gasteiger partial charge is 0.444 e. The molecule has 1 amide bonds. The molecular weight excluding hydrogens is 247 g/mol.